The summed E-state index contributed by atoms with van der Waals surface area (Å²) in [6.07, 6.45) is 3.34. The lowest BCUT2D eigenvalue weighted by atomic mass is 9.58. The van der Waals surface area contributed by atoms with Gasteiger partial charge >= 0.3 is 0 Å². The highest BCUT2D eigenvalue weighted by Gasteiger charge is 2.53. The van der Waals surface area contributed by atoms with E-state index in [1.165, 1.54) is 7.05 Å². The zero-order chi connectivity index (χ0) is 20.8. The van der Waals surface area contributed by atoms with Gasteiger partial charge in [-0.1, -0.05) is 26.0 Å². The fraction of sp³-hybridized carbons (Fsp3) is 0.650. The maximum absolute atomic E-state index is 12.0. The van der Waals surface area contributed by atoms with Crippen LogP contribution < -0.4 is 15.4 Å². The molecule has 166 valence electrons. The summed E-state index contributed by atoms with van der Waals surface area (Å²) in [6.45, 7) is 7.69. The largest absolute Gasteiger partial charge is 0.378 e. The van der Waals surface area contributed by atoms with Crippen LogP contribution in [0.1, 0.15) is 45.6 Å². The zero-order valence-electron chi connectivity index (χ0n) is 18.0. The first-order valence-corrected chi connectivity index (χ1v) is 11.5. The van der Waals surface area contributed by atoms with E-state index in [0.717, 1.165) is 31.4 Å². The molecule has 29 heavy (non-hydrogen) atoms. The first-order valence-electron chi connectivity index (χ1n) is 9.98. The molecule has 0 aromatic heterocycles. The molecule has 2 rings (SSSR count). The van der Waals surface area contributed by atoms with Gasteiger partial charge in [0, 0.05) is 31.7 Å². The SMILES string of the molecule is CCOC1CC(NC(=NC)NCc2cccc(S(=O)(=O)NC)c2)C1(CC)CC.I. The van der Waals surface area contributed by atoms with Gasteiger partial charge in [0.1, 0.15) is 0 Å². The van der Waals surface area contributed by atoms with Gasteiger partial charge in [0.2, 0.25) is 10.0 Å². The Hall–Kier alpha value is -0.910. The Morgan fingerprint density at radius 1 is 1.28 bits per heavy atom. The summed E-state index contributed by atoms with van der Waals surface area (Å²) in [6, 6.07) is 7.20. The van der Waals surface area contributed by atoms with Crippen molar-refractivity contribution in [2.45, 2.75) is 63.6 Å². The molecule has 2 unspecified atom stereocenters. The van der Waals surface area contributed by atoms with Crippen molar-refractivity contribution in [2.24, 2.45) is 10.4 Å². The number of guanidine groups is 1. The quantitative estimate of drug-likeness (QED) is 0.256. The number of sulfonamides is 1. The molecule has 0 radical (unpaired) electrons. The average molecular weight is 538 g/mol. The van der Waals surface area contributed by atoms with Gasteiger partial charge in [0.25, 0.3) is 0 Å². The molecule has 1 aromatic carbocycles. The molecule has 9 heteroatoms. The minimum absolute atomic E-state index is 0. The van der Waals surface area contributed by atoms with Gasteiger partial charge in [-0.15, -0.1) is 24.0 Å². The molecular weight excluding hydrogens is 503 g/mol. The second-order valence-corrected chi connectivity index (χ2v) is 8.98. The predicted molar refractivity (Wildman–Crippen MR) is 128 cm³/mol. The van der Waals surface area contributed by atoms with E-state index in [1.807, 2.05) is 13.0 Å². The molecule has 0 saturated heterocycles. The molecule has 7 nitrogen and oxygen atoms in total. The molecule has 0 spiro atoms. The zero-order valence-corrected chi connectivity index (χ0v) is 21.1. The van der Waals surface area contributed by atoms with E-state index in [9.17, 15) is 8.42 Å². The summed E-state index contributed by atoms with van der Waals surface area (Å²) >= 11 is 0. The Morgan fingerprint density at radius 3 is 2.52 bits per heavy atom. The topological polar surface area (TPSA) is 91.8 Å². The van der Waals surface area contributed by atoms with Gasteiger partial charge in [-0.25, -0.2) is 13.1 Å². The van der Waals surface area contributed by atoms with Crippen LogP contribution in [0.25, 0.3) is 0 Å². The van der Waals surface area contributed by atoms with Crippen molar-refractivity contribution in [3.8, 4) is 0 Å². The number of benzene rings is 1. The van der Waals surface area contributed by atoms with Crippen LogP contribution in [0.5, 0.6) is 0 Å². The Balaban J connectivity index is 0.00000420. The standard InChI is InChI=1S/C20H34N4O3S.HI/c1-6-20(7-2)17(13-18(20)27-8-3)24-19(21-4)23-14-15-10-9-11-16(12-15)28(25,26)22-5;/h9-12,17-18,22H,6-8,13-14H2,1-5H3,(H2,21,23,24);1H. The van der Waals surface area contributed by atoms with Gasteiger partial charge in [0.15, 0.2) is 5.96 Å². The summed E-state index contributed by atoms with van der Waals surface area (Å²) in [5.41, 5.74) is 0.992. The Kier molecular flexibility index (Phi) is 10.3. The van der Waals surface area contributed by atoms with Gasteiger partial charge < -0.3 is 15.4 Å². The number of halogens is 1. The molecule has 0 amide bonds. The van der Waals surface area contributed by atoms with Crippen LogP contribution in [0.2, 0.25) is 0 Å². The number of hydrogen-bond acceptors (Lipinski definition) is 4. The molecule has 1 saturated carbocycles. The van der Waals surface area contributed by atoms with Gasteiger partial charge in [-0.2, -0.15) is 0 Å². The maximum Gasteiger partial charge on any atom is 0.240 e. The number of nitrogens with zero attached hydrogens (tertiary/aromatic N) is 1. The van der Waals surface area contributed by atoms with Crippen molar-refractivity contribution < 1.29 is 13.2 Å². The molecule has 0 aliphatic heterocycles. The van der Waals surface area contributed by atoms with E-state index >= 15 is 0 Å². The number of hydrogen-bond donors (Lipinski definition) is 3. The summed E-state index contributed by atoms with van der Waals surface area (Å²) in [5, 5.41) is 6.84. The van der Waals surface area contributed by atoms with Crippen molar-refractivity contribution in [2.75, 3.05) is 20.7 Å². The van der Waals surface area contributed by atoms with E-state index in [2.05, 4.69) is 34.2 Å². The molecule has 2 atom stereocenters. The summed E-state index contributed by atoms with van der Waals surface area (Å²) in [5.74, 6) is 0.716. The van der Waals surface area contributed by atoms with Crippen LogP contribution in [0.3, 0.4) is 0 Å². The van der Waals surface area contributed by atoms with Crippen LogP contribution in [0, 0.1) is 5.41 Å². The summed E-state index contributed by atoms with van der Waals surface area (Å²) in [7, 11) is -0.294. The van der Waals surface area contributed by atoms with Crippen molar-refractivity contribution in [1.29, 1.82) is 0 Å². The average Bonchev–Trinajstić information content (AvgIpc) is 2.70. The maximum atomic E-state index is 12.0. The minimum Gasteiger partial charge on any atom is -0.378 e. The Morgan fingerprint density at radius 2 is 1.97 bits per heavy atom. The number of nitrogens with one attached hydrogen (secondary N) is 3. The third-order valence-corrected chi connectivity index (χ3v) is 7.35. The van der Waals surface area contributed by atoms with Crippen molar-refractivity contribution in [1.82, 2.24) is 15.4 Å². The predicted octanol–water partition coefficient (Wildman–Crippen LogP) is 2.86. The number of aliphatic imine (C=N–C) groups is 1. The van der Waals surface area contributed by atoms with E-state index in [-0.39, 0.29) is 40.4 Å². The van der Waals surface area contributed by atoms with Crippen LogP contribution in [-0.2, 0) is 21.3 Å². The highest BCUT2D eigenvalue weighted by Crippen LogP contribution is 2.48. The third-order valence-electron chi connectivity index (χ3n) is 5.94. The van der Waals surface area contributed by atoms with E-state index in [4.69, 9.17) is 4.74 Å². The van der Waals surface area contributed by atoms with Crippen molar-refractivity contribution in [3.05, 3.63) is 29.8 Å². The van der Waals surface area contributed by atoms with Gasteiger partial charge in [-0.3, -0.25) is 4.99 Å². The van der Waals surface area contributed by atoms with Crippen molar-refractivity contribution >= 4 is 40.0 Å². The second kappa shape index (κ2) is 11.5. The fourth-order valence-corrected chi connectivity index (χ4v) is 4.87. The van der Waals surface area contributed by atoms with Crippen LogP contribution >= 0.6 is 24.0 Å². The number of rotatable bonds is 9. The fourth-order valence-electron chi connectivity index (χ4n) is 4.07. The van der Waals surface area contributed by atoms with E-state index in [1.54, 1.807) is 25.2 Å². The Labute approximate surface area is 192 Å². The molecule has 3 N–H and O–H groups in total. The monoisotopic (exact) mass is 538 g/mol. The van der Waals surface area contributed by atoms with Crippen LogP contribution in [-0.4, -0.2) is 47.2 Å². The second-order valence-electron chi connectivity index (χ2n) is 7.10. The van der Waals surface area contributed by atoms with Gasteiger partial charge in [-0.05, 0) is 50.9 Å². The van der Waals surface area contributed by atoms with Crippen molar-refractivity contribution in [3.63, 3.8) is 0 Å². The highest BCUT2D eigenvalue weighted by molar-refractivity contribution is 14.0. The molecule has 1 aliphatic rings. The molecule has 0 heterocycles. The lowest BCUT2D eigenvalue weighted by Gasteiger charge is -2.55. The lowest BCUT2D eigenvalue weighted by molar-refractivity contribution is -0.133. The van der Waals surface area contributed by atoms with Gasteiger partial charge in [0.05, 0.1) is 11.0 Å². The number of ether oxygens (including phenoxy) is 1. The summed E-state index contributed by atoms with van der Waals surface area (Å²) < 4.78 is 32.2. The first kappa shape index (κ1) is 26.1. The lowest BCUT2D eigenvalue weighted by Crippen LogP contribution is -2.65. The highest BCUT2D eigenvalue weighted by atomic mass is 127. The first-order chi connectivity index (χ1) is 13.4. The minimum atomic E-state index is -3.45. The molecule has 1 fully saturated rings. The normalized spacial score (nSPS) is 21.1. The van der Waals surface area contributed by atoms with Crippen LogP contribution in [0.15, 0.2) is 34.2 Å². The third kappa shape index (κ3) is 5.83. The summed E-state index contributed by atoms with van der Waals surface area (Å²) in [4.78, 5) is 4.60. The molecule has 1 aliphatic carbocycles. The van der Waals surface area contributed by atoms with E-state index < -0.39 is 10.0 Å². The molecular formula is C20H35IN4O3S. The van der Waals surface area contributed by atoms with Crippen LogP contribution in [0.4, 0.5) is 0 Å². The molecule has 1 aromatic rings. The van der Waals surface area contributed by atoms with E-state index in [0.29, 0.717) is 18.5 Å². The smallest absolute Gasteiger partial charge is 0.240 e. The Bertz CT molecular complexity index is 782. The molecule has 0 bridgehead atoms.